The fourth-order valence-corrected chi connectivity index (χ4v) is 0.935. The van der Waals surface area contributed by atoms with Gasteiger partial charge in [0.2, 0.25) is 0 Å². The minimum absolute atomic E-state index is 0.227. The molecule has 0 aromatic rings. The summed E-state index contributed by atoms with van der Waals surface area (Å²) < 4.78 is 5.03. The van der Waals surface area contributed by atoms with Crippen LogP contribution in [0.25, 0.3) is 0 Å². The van der Waals surface area contributed by atoms with Gasteiger partial charge in [-0.2, -0.15) is 5.26 Å². The summed E-state index contributed by atoms with van der Waals surface area (Å²) in [5, 5.41) is 17.1. The minimum atomic E-state index is -0.924. The largest absolute Gasteiger partial charge is 0.375 e. The van der Waals surface area contributed by atoms with Crippen molar-refractivity contribution >= 4 is 0 Å². The quantitative estimate of drug-likeness (QED) is 0.506. The van der Waals surface area contributed by atoms with Crippen LogP contribution in [0.2, 0.25) is 0 Å². The highest BCUT2D eigenvalue weighted by molar-refractivity contribution is 4.90. The smallest absolute Gasteiger partial charge is 0.166 e. The van der Waals surface area contributed by atoms with Gasteiger partial charge in [-0.15, -0.1) is 0 Å². The van der Waals surface area contributed by atoms with Gasteiger partial charge in [0.1, 0.15) is 0 Å². The Balaban J connectivity index is 2.34. The summed E-state index contributed by atoms with van der Waals surface area (Å²) in [7, 11) is 0. The van der Waals surface area contributed by atoms with E-state index in [1.54, 1.807) is 6.07 Å². The molecule has 0 unspecified atom stereocenters. The molecule has 1 aliphatic rings. The van der Waals surface area contributed by atoms with E-state index in [9.17, 15) is 0 Å². The predicted octanol–water partition coefficient (Wildman–Crippen LogP) is 0.0499. The van der Waals surface area contributed by atoms with Crippen LogP contribution in [-0.4, -0.2) is 23.9 Å². The molecule has 0 bridgehead atoms. The summed E-state index contributed by atoms with van der Waals surface area (Å²) >= 11 is 0. The zero-order chi connectivity index (χ0) is 6.69. The van der Waals surface area contributed by atoms with Crippen LogP contribution in [0.1, 0.15) is 12.8 Å². The van der Waals surface area contributed by atoms with Crippen molar-refractivity contribution in [2.24, 2.45) is 0 Å². The molecule has 0 amide bonds. The van der Waals surface area contributed by atoms with E-state index in [1.807, 2.05) is 0 Å². The molecule has 1 heterocycles. The molecule has 1 rings (SSSR count). The van der Waals surface area contributed by atoms with Gasteiger partial charge in [0.15, 0.2) is 6.10 Å². The van der Waals surface area contributed by atoms with Gasteiger partial charge in [-0.25, -0.2) is 0 Å². The second kappa shape index (κ2) is 2.81. The molecule has 1 fully saturated rings. The van der Waals surface area contributed by atoms with E-state index >= 15 is 0 Å². The first-order chi connectivity index (χ1) is 4.34. The Hall–Kier alpha value is -0.590. The number of ether oxygens (including phenoxy) is 1. The van der Waals surface area contributed by atoms with Gasteiger partial charge in [-0.05, 0) is 12.8 Å². The van der Waals surface area contributed by atoms with Crippen LogP contribution in [0.3, 0.4) is 0 Å². The summed E-state index contributed by atoms with van der Waals surface area (Å²) in [4.78, 5) is 0. The first kappa shape index (κ1) is 6.53. The molecule has 1 N–H and O–H groups in total. The summed E-state index contributed by atoms with van der Waals surface area (Å²) in [6.45, 7) is 0.684. The van der Waals surface area contributed by atoms with Gasteiger partial charge in [-0.1, -0.05) is 0 Å². The van der Waals surface area contributed by atoms with Crippen molar-refractivity contribution in [1.29, 1.82) is 5.26 Å². The zero-order valence-corrected chi connectivity index (χ0v) is 5.08. The highest BCUT2D eigenvalue weighted by atomic mass is 16.5. The van der Waals surface area contributed by atoms with Crippen molar-refractivity contribution in [2.75, 3.05) is 6.61 Å². The van der Waals surface area contributed by atoms with Gasteiger partial charge in [0, 0.05) is 6.61 Å². The van der Waals surface area contributed by atoms with E-state index in [0.29, 0.717) is 6.61 Å². The predicted molar refractivity (Wildman–Crippen MR) is 30.6 cm³/mol. The first-order valence-corrected chi connectivity index (χ1v) is 3.04. The lowest BCUT2D eigenvalue weighted by Gasteiger charge is -2.08. The third kappa shape index (κ3) is 1.41. The standard InChI is InChI=1S/C6H9NO2/c7-4-5(8)6-2-1-3-9-6/h5-6,8H,1-3H2/t5-,6+/m1/s1. The molecule has 0 aliphatic carbocycles. The van der Waals surface area contributed by atoms with Gasteiger partial charge < -0.3 is 9.84 Å². The highest BCUT2D eigenvalue weighted by Crippen LogP contribution is 2.14. The van der Waals surface area contributed by atoms with Crippen molar-refractivity contribution in [1.82, 2.24) is 0 Å². The summed E-state index contributed by atoms with van der Waals surface area (Å²) in [6, 6.07) is 1.74. The Kier molecular flexibility index (Phi) is 2.04. The lowest BCUT2D eigenvalue weighted by Crippen LogP contribution is -2.22. The van der Waals surface area contributed by atoms with Crippen molar-refractivity contribution in [3.63, 3.8) is 0 Å². The van der Waals surface area contributed by atoms with Crippen LogP contribution in [0, 0.1) is 11.3 Å². The molecule has 9 heavy (non-hydrogen) atoms. The van der Waals surface area contributed by atoms with Crippen LogP contribution in [-0.2, 0) is 4.74 Å². The molecule has 0 aromatic heterocycles. The van der Waals surface area contributed by atoms with E-state index in [1.165, 1.54) is 0 Å². The number of aliphatic hydroxyl groups excluding tert-OH is 1. The molecule has 2 atom stereocenters. The average molecular weight is 127 g/mol. The van der Waals surface area contributed by atoms with Gasteiger partial charge in [-0.3, -0.25) is 0 Å². The van der Waals surface area contributed by atoms with E-state index in [2.05, 4.69) is 0 Å². The molecule has 3 nitrogen and oxygen atoms in total. The summed E-state index contributed by atoms with van der Waals surface area (Å²) in [5.41, 5.74) is 0. The Morgan fingerprint density at radius 2 is 2.56 bits per heavy atom. The fourth-order valence-electron chi connectivity index (χ4n) is 0.935. The number of rotatable bonds is 1. The van der Waals surface area contributed by atoms with Crippen LogP contribution in [0.15, 0.2) is 0 Å². The highest BCUT2D eigenvalue weighted by Gasteiger charge is 2.23. The van der Waals surface area contributed by atoms with E-state index in [-0.39, 0.29) is 6.10 Å². The second-order valence-electron chi connectivity index (χ2n) is 2.13. The number of aliphatic hydroxyl groups is 1. The van der Waals surface area contributed by atoms with E-state index in [0.717, 1.165) is 12.8 Å². The zero-order valence-electron chi connectivity index (χ0n) is 5.08. The molecule has 0 radical (unpaired) electrons. The first-order valence-electron chi connectivity index (χ1n) is 3.04. The van der Waals surface area contributed by atoms with Crippen LogP contribution < -0.4 is 0 Å². The van der Waals surface area contributed by atoms with Crippen molar-refractivity contribution < 1.29 is 9.84 Å². The van der Waals surface area contributed by atoms with Crippen molar-refractivity contribution in [3.8, 4) is 6.07 Å². The average Bonchev–Trinajstić information content (AvgIpc) is 2.37. The lowest BCUT2D eigenvalue weighted by molar-refractivity contribution is 0.0263. The van der Waals surface area contributed by atoms with E-state index in [4.69, 9.17) is 15.1 Å². The fraction of sp³-hybridized carbons (Fsp3) is 0.833. The van der Waals surface area contributed by atoms with Gasteiger partial charge in [0.05, 0.1) is 12.2 Å². The number of hydrogen-bond acceptors (Lipinski definition) is 3. The lowest BCUT2D eigenvalue weighted by atomic mass is 10.1. The monoisotopic (exact) mass is 127 g/mol. The Morgan fingerprint density at radius 3 is 3.00 bits per heavy atom. The minimum Gasteiger partial charge on any atom is -0.375 e. The third-order valence-corrected chi connectivity index (χ3v) is 1.45. The van der Waals surface area contributed by atoms with Crippen LogP contribution >= 0.6 is 0 Å². The summed E-state index contributed by atoms with van der Waals surface area (Å²) in [5.74, 6) is 0. The maximum atomic E-state index is 8.87. The normalized spacial score (nSPS) is 29.6. The number of hydrogen-bond donors (Lipinski definition) is 1. The SMILES string of the molecule is N#C[C@@H](O)[C@@H]1CCCO1. The second-order valence-corrected chi connectivity index (χ2v) is 2.13. The molecule has 1 saturated heterocycles. The molecule has 0 aromatic carbocycles. The van der Waals surface area contributed by atoms with Crippen molar-refractivity contribution in [2.45, 2.75) is 25.0 Å². The number of nitrogens with zero attached hydrogens (tertiary/aromatic N) is 1. The Morgan fingerprint density at radius 1 is 1.78 bits per heavy atom. The van der Waals surface area contributed by atoms with Gasteiger partial charge in [0.25, 0.3) is 0 Å². The Bertz CT molecular complexity index is 124. The van der Waals surface area contributed by atoms with E-state index < -0.39 is 6.10 Å². The molecule has 1 aliphatic heterocycles. The molecular weight excluding hydrogens is 118 g/mol. The summed E-state index contributed by atoms with van der Waals surface area (Å²) in [6.07, 6.45) is 0.625. The molecule has 50 valence electrons. The maximum absolute atomic E-state index is 8.87. The van der Waals surface area contributed by atoms with Crippen LogP contribution in [0.4, 0.5) is 0 Å². The molecule has 0 saturated carbocycles. The molecular formula is C6H9NO2. The molecule has 3 heteroatoms. The third-order valence-electron chi connectivity index (χ3n) is 1.45. The topological polar surface area (TPSA) is 53.2 Å². The van der Waals surface area contributed by atoms with Gasteiger partial charge >= 0.3 is 0 Å². The van der Waals surface area contributed by atoms with Crippen molar-refractivity contribution in [3.05, 3.63) is 0 Å². The maximum Gasteiger partial charge on any atom is 0.166 e. The molecule has 0 spiro atoms. The Labute approximate surface area is 53.9 Å². The number of nitriles is 1. The van der Waals surface area contributed by atoms with Crippen LogP contribution in [0.5, 0.6) is 0 Å².